The molecule has 7 heteroatoms. The number of rotatable bonds is 3. The molecule has 0 unspecified atom stereocenters. The summed E-state index contributed by atoms with van der Waals surface area (Å²) in [5.41, 5.74) is 1.10. The third-order valence-electron chi connectivity index (χ3n) is 4.27. The minimum atomic E-state index is -0.378. The molecule has 0 N–H and O–H groups in total. The number of nitro groups is 1. The normalized spacial score (nSPS) is 19.1. The van der Waals surface area contributed by atoms with Crippen molar-refractivity contribution in [1.29, 1.82) is 0 Å². The molecule has 0 bridgehead atoms. The number of anilines is 1. The summed E-state index contributed by atoms with van der Waals surface area (Å²) in [5, 5.41) is 11.3. The molecule has 0 amide bonds. The molecule has 2 aromatic rings. The molecular formula is C16H15N3O4. The van der Waals surface area contributed by atoms with Gasteiger partial charge in [-0.3, -0.25) is 10.1 Å². The third kappa shape index (κ3) is 2.34. The lowest BCUT2D eigenvalue weighted by atomic mass is 10.0. The van der Waals surface area contributed by atoms with E-state index in [1.165, 1.54) is 6.07 Å². The van der Waals surface area contributed by atoms with E-state index in [0.29, 0.717) is 5.82 Å². The predicted octanol–water partition coefficient (Wildman–Crippen LogP) is 3.06. The van der Waals surface area contributed by atoms with E-state index in [1.807, 2.05) is 23.1 Å². The first kappa shape index (κ1) is 13.8. The van der Waals surface area contributed by atoms with Gasteiger partial charge in [-0.15, -0.1) is 0 Å². The van der Waals surface area contributed by atoms with Crippen molar-refractivity contribution in [3.05, 3.63) is 52.2 Å². The van der Waals surface area contributed by atoms with Crippen LogP contribution in [-0.2, 0) is 0 Å². The highest BCUT2D eigenvalue weighted by atomic mass is 16.7. The van der Waals surface area contributed by atoms with Crippen molar-refractivity contribution in [2.45, 2.75) is 18.9 Å². The summed E-state index contributed by atoms with van der Waals surface area (Å²) in [5.74, 6) is 1.89. The lowest BCUT2D eigenvalue weighted by molar-refractivity contribution is -0.384. The maximum Gasteiger partial charge on any atom is 0.311 e. The zero-order valence-electron chi connectivity index (χ0n) is 12.3. The maximum absolute atomic E-state index is 11.3. The van der Waals surface area contributed by atoms with E-state index < -0.39 is 0 Å². The summed E-state index contributed by atoms with van der Waals surface area (Å²) in [7, 11) is 0. The van der Waals surface area contributed by atoms with Gasteiger partial charge in [-0.05, 0) is 36.6 Å². The van der Waals surface area contributed by atoms with Crippen LogP contribution in [0.1, 0.15) is 24.4 Å². The Bertz CT molecular complexity index is 765. The first-order valence-corrected chi connectivity index (χ1v) is 7.49. The van der Waals surface area contributed by atoms with Gasteiger partial charge in [0.2, 0.25) is 12.6 Å². The Morgan fingerprint density at radius 3 is 3.00 bits per heavy atom. The van der Waals surface area contributed by atoms with Crippen LogP contribution in [0.15, 0.2) is 36.5 Å². The quantitative estimate of drug-likeness (QED) is 0.640. The molecule has 1 aromatic carbocycles. The van der Waals surface area contributed by atoms with Gasteiger partial charge in [0.05, 0.1) is 11.0 Å². The fourth-order valence-electron chi connectivity index (χ4n) is 3.24. The molecule has 1 aromatic heterocycles. The fourth-order valence-corrected chi connectivity index (χ4v) is 3.24. The number of nitrogens with zero attached hydrogens (tertiary/aromatic N) is 3. The molecule has 3 heterocycles. The number of pyridine rings is 1. The van der Waals surface area contributed by atoms with E-state index in [0.717, 1.165) is 36.4 Å². The van der Waals surface area contributed by atoms with Crippen LogP contribution >= 0.6 is 0 Å². The number of aromatic nitrogens is 1. The van der Waals surface area contributed by atoms with Gasteiger partial charge in [-0.2, -0.15) is 0 Å². The van der Waals surface area contributed by atoms with Crippen molar-refractivity contribution in [1.82, 2.24) is 4.98 Å². The lowest BCUT2D eigenvalue weighted by Crippen LogP contribution is -2.24. The van der Waals surface area contributed by atoms with Crippen LogP contribution in [-0.4, -0.2) is 23.2 Å². The van der Waals surface area contributed by atoms with Crippen molar-refractivity contribution in [2.24, 2.45) is 0 Å². The highest BCUT2D eigenvalue weighted by molar-refractivity contribution is 5.60. The van der Waals surface area contributed by atoms with E-state index >= 15 is 0 Å². The van der Waals surface area contributed by atoms with Crippen molar-refractivity contribution in [3.63, 3.8) is 0 Å². The number of fused-ring (bicyclic) bond motifs is 1. The zero-order valence-corrected chi connectivity index (χ0v) is 12.3. The monoisotopic (exact) mass is 313 g/mol. The molecule has 2 aliphatic rings. The van der Waals surface area contributed by atoms with E-state index in [2.05, 4.69) is 4.98 Å². The number of benzene rings is 1. The minimum Gasteiger partial charge on any atom is -0.454 e. The van der Waals surface area contributed by atoms with Gasteiger partial charge >= 0.3 is 5.69 Å². The topological polar surface area (TPSA) is 77.7 Å². The second kappa shape index (κ2) is 5.42. The second-order valence-corrected chi connectivity index (χ2v) is 5.57. The van der Waals surface area contributed by atoms with Crippen LogP contribution in [0.3, 0.4) is 0 Å². The summed E-state index contributed by atoms with van der Waals surface area (Å²) in [6, 6.07) is 8.98. The van der Waals surface area contributed by atoms with Crippen LogP contribution in [0.25, 0.3) is 0 Å². The first-order valence-electron chi connectivity index (χ1n) is 7.49. The number of hydrogen-bond donors (Lipinski definition) is 0. The molecule has 2 aliphatic heterocycles. The molecular weight excluding hydrogens is 298 g/mol. The summed E-state index contributed by atoms with van der Waals surface area (Å²) >= 11 is 0. The van der Waals surface area contributed by atoms with Gasteiger partial charge < -0.3 is 14.4 Å². The summed E-state index contributed by atoms with van der Waals surface area (Å²) in [4.78, 5) is 17.2. The smallest absolute Gasteiger partial charge is 0.311 e. The van der Waals surface area contributed by atoms with Crippen molar-refractivity contribution >= 4 is 11.5 Å². The van der Waals surface area contributed by atoms with Gasteiger partial charge in [0.1, 0.15) is 0 Å². The van der Waals surface area contributed by atoms with Crippen molar-refractivity contribution in [2.75, 3.05) is 18.2 Å². The highest BCUT2D eigenvalue weighted by Gasteiger charge is 2.32. The average Bonchev–Trinajstić information content (AvgIpc) is 3.23. The summed E-state index contributed by atoms with van der Waals surface area (Å²) in [6.07, 6.45) is 3.48. The fraction of sp³-hybridized carbons (Fsp3) is 0.312. The Balaban J connectivity index is 1.71. The second-order valence-electron chi connectivity index (χ2n) is 5.57. The van der Waals surface area contributed by atoms with Crippen LogP contribution < -0.4 is 14.4 Å². The Labute approximate surface area is 132 Å². The van der Waals surface area contributed by atoms with E-state index in [1.54, 1.807) is 12.3 Å². The van der Waals surface area contributed by atoms with Gasteiger partial charge in [0.25, 0.3) is 0 Å². The molecule has 4 rings (SSSR count). The van der Waals surface area contributed by atoms with Gasteiger partial charge in [-0.25, -0.2) is 4.98 Å². The molecule has 0 spiro atoms. The third-order valence-corrected chi connectivity index (χ3v) is 4.27. The van der Waals surface area contributed by atoms with Crippen molar-refractivity contribution in [3.8, 4) is 11.5 Å². The Hall–Kier alpha value is -2.83. The molecule has 0 aliphatic carbocycles. The van der Waals surface area contributed by atoms with Gasteiger partial charge in [0, 0.05) is 18.8 Å². The van der Waals surface area contributed by atoms with Crippen LogP contribution in [0, 0.1) is 10.1 Å². The largest absolute Gasteiger partial charge is 0.454 e. The molecule has 0 radical (unpaired) electrons. The Morgan fingerprint density at radius 1 is 1.26 bits per heavy atom. The Morgan fingerprint density at radius 2 is 2.13 bits per heavy atom. The summed E-state index contributed by atoms with van der Waals surface area (Å²) in [6.45, 7) is 0.982. The van der Waals surface area contributed by atoms with Crippen LogP contribution in [0.5, 0.6) is 11.5 Å². The van der Waals surface area contributed by atoms with E-state index in [4.69, 9.17) is 9.47 Å². The first-order chi connectivity index (χ1) is 11.2. The van der Waals surface area contributed by atoms with E-state index in [9.17, 15) is 10.1 Å². The average molecular weight is 313 g/mol. The van der Waals surface area contributed by atoms with Crippen LogP contribution in [0.4, 0.5) is 11.5 Å². The zero-order chi connectivity index (χ0) is 15.8. The molecule has 0 saturated carbocycles. The summed E-state index contributed by atoms with van der Waals surface area (Å²) < 4.78 is 10.8. The molecule has 7 nitrogen and oxygen atoms in total. The van der Waals surface area contributed by atoms with Gasteiger partial charge in [0.15, 0.2) is 11.5 Å². The minimum absolute atomic E-state index is 0.0418. The van der Waals surface area contributed by atoms with Crippen LogP contribution in [0.2, 0.25) is 0 Å². The number of hydrogen-bond acceptors (Lipinski definition) is 6. The van der Waals surface area contributed by atoms with Gasteiger partial charge in [-0.1, -0.05) is 6.07 Å². The molecule has 118 valence electrons. The van der Waals surface area contributed by atoms with Crippen molar-refractivity contribution < 1.29 is 14.4 Å². The number of ether oxygens (including phenoxy) is 2. The molecule has 23 heavy (non-hydrogen) atoms. The highest BCUT2D eigenvalue weighted by Crippen LogP contribution is 2.42. The molecule has 1 fully saturated rings. The Kier molecular flexibility index (Phi) is 3.25. The standard InChI is InChI=1S/C16H15N3O4/c20-19(21)13-3-1-7-17-16(13)18-8-2-4-12(18)11-5-6-14-15(9-11)23-10-22-14/h1,3,5-7,9,12H,2,4,8,10H2/t12-/m0/s1. The lowest BCUT2D eigenvalue weighted by Gasteiger charge is -2.25. The molecule has 1 atom stereocenters. The predicted molar refractivity (Wildman–Crippen MR) is 82.8 cm³/mol. The SMILES string of the molecule is O=[N+]([O-])c1cccnc1N1CCC[C@H]1c1ccc2c(c1)OCO2. The molecule has 1 saturated heterocycles. The maximum atomic E-state index is 11.3. The van der Waals surface area contributed by atoms with E-state index in [-0.39, 0.29) is 23.4 Å².